The average Bonchev–Trinajstić information content (AvgIpc) is 3.13. The Bertz CT molecular complexity index is 250. The maximum absolute atomic E-state index is 6.05. The lowest BCUT2D eigenvalue weighted by atomic mass is 9.88. The molecule has 2 atom stereocenters. The molecule has 3 heteroatoms. The summed E-state index contributed by atoms with van der Waals surface area (Å²) in [5.74, 6) is -0.614. The van der Waals surface area contributed by atoms with E-state index < -0.39 is 5.79 Å². The SMILES string of the molecule is CCCCCCCC1OC1(CCC)C(C)(OC)OC. The zero-order valence-corrected chi connectivity index (χ0v) is 13.5. The predicted molar refractivity (Wildman–Crippen MR) is 78.3 cm³/mol. The Balaban J connectivity index is 2.45. The number of methoxy groups -OCH3 is 2. The second-order valence-electron chi connectivity index (χ2n) is 5.80. The van der Waals surface area contributed by atoms with Crippen LogP contribution in [0.15, 0.2) is 0 Å². The van der Waals surface area contributed by atoms with E-state index in [1.165, 1.54) is 32.1 Å². The van der Waals surface area contributed by atoms with Gasteiger partial charge in [0.2, 0.25) is 0 Å². The Labute approximate surface area is 119 Å². The van der Waals surface area contributed by atoms with Crippen LogP contribution in [0, 0.1) is 0 Å². The van der Waals surface area contributed by atoms with E-state index in [2.05, 4.69) is 13.8 Å². The lowest BCUT2D eigenvalue weighted by molar-refractivity contribution is -0.234. The smallest absolute Gasteiger partial charge is 0.196 e. The molecular weight excluding hydrogens is 240 g/mol. The van der Waals surface area contributed by atoms with Crippen molar-refractivity contribution in [2.45, 2.75) is 89.6 Å². The molecule has 1 fully saturated rings. The molecule has 114 valence electrons. The summed E-state index contributed by atoms with van der Waals surface area (Å²) in [6.07, 6.45) is 10.1. The maximum atomic E-state index is 6.05. The Hall–Kier alpha value is -0.120. The summed E-state index contributed by atoms with van der Waals surface area (Å²) in [7, 11) is 3.42. The molecule has 3 nitrogen and oxygen atoms in total. The fraction of sp³-hybridized carbons (Fsp3) is 1.00. The summed E-state index contributed by atoms with van der Waals surface area (Å²) in [6.45, 7) is 6.44. The third kappa shape index (κ3) is 3.71. The zero-order chi connectivity index (χ0) is 14.4. The van der Waals surface area contributed by atoms with E-state index in [0.29, 0.717) is 6.10 Å². The maximum Gasteiger partial charge on any atom is 0.196 e. The van der Waals surface area contributed by atoms with Crippen molar-refractivity contribution in [1.29, 1.82) is 0 Å². The van der Waals surface area contributed by atoms with Crippen molar-refractivity contribution in [2.75, 3.05) is 14.2 Å². The van der Waals surface area contributed by atoms with Crippen molar-refractivity contribution in [3.63, 3.8) is 0 Å². The van der Waals surface area contributed by atoms with Crippen molar-refractivity contribution in [2.24, 2.45) is 0 Å². The third-order valence-corrected chi connectivity index (χ3v) is 4.55. The Morgan fingerprint density at radius 2 is 1.63 bits per heavy atom. The molecule has 1 aliphatic rings. The van der Waals surface area contributed by atoms with Crippen LogP contribution in [0.2, 0.25) is 0 Å². The van der Waals surface area contributed by atoms with Crippen LogP contribution < -0.4 is 0 Å². The number of epoxide rings is 1. The van der Waals surface area contributed by atoms with Gasteiger partial charge in [-0.2, -0.15) is 0 Å². The highest BCUT2D eigenvalue weighted by atomic mass is 16.7. The van der Waals surface area contributed by atoms with E-state index in [0.717, 1.165) is 19.3 Å². The Morgan fingerprint density at radius 3 is 2.16 bits per heavy atom. The first kappa shape index (κ1) is 16.9. The van der Waals surface area contributed by atoms with Gasteiger partial charge in [-0.05, 0) is 19.8 Å². The van der Waals surface area contributed by atoms with Gasteiger partial charge in [-0.3, -0.25) is 0 Å². The van der Waals surface area contributed by atoms with Crippen molar-refractivity contribution in [3.05, 3.63) is 0 Å². The van der Waals surface area contributed by atoms with Crippen LogP contribution in [0.5, 0.6) is 0 Å². The highest BCUT2D eigenvalue weighted by Gasteiger charge is 2.67. The molecule has 1 rings (SSSR count). The lowest BCUT2D eigenvalue weighted by Crippen LogP contribution is -2.47. The van der Waals surface area contributed by atoms with Gasteiger partial charge >= 0.3 is 0 Å². The van der Waals surface area contributed by atoms with Gasteiger partial charge in [0, 0.05) is 14.2 Å². The van der Waals surface area contributed by atoms with Gasteiger partial charge in [0.15, 0.2) is 5.79 Å². The second-order valence-corrected chi connectivity index (χ2v) is 5.80. The van der Waals surface area contributed by atoms with Crippen molar-refractivity contribution < 1.29 is 14.2 Å². The van der Waals surface area contributed by atoms with Crippen molar-refractivity contribution in [3.8, 4) is 0 Å². The van der Waals surface area contributed by atoms with E-state index in [9.17, 15) is 0 Å². The van der Waals surface area contributed by atoms with Gasteiger partial charge in [-0.25, -0.2) is 0 Å². The van der Waals surface area contributed by atoms with Crippen LogP contribution in [-0.2, 0) is 14.2 Å². The van der Waals surface area contributed by atoms with Crippen LogP contribution in [-0.4, -0.2) is 31.7 Å². The first-order valence-electron chi connectivity index (χ1n) is 7.88. The van der Waals surface area contributed by atoms with Crippen LogP contribution in [0.3, 0.4) is 0 Å². The van der Waals surface area contributed by atoms with Gasteiger partial charge in [0.1, 0.15) is 5.60 Å². The summed E-state index contributed by atoms with van der Waals surface area (Å²) in [5, 5.41) is 0. The van der Waals surface area contributed by atoms with Crippen molar-refractivity contribution >= 4 is 0 Å². The van der Waals surface area contributed by atoms with Crippen LogP contribution in [0.4, 0.5) is 0 Å². The molecule has 1 heterocycles. The first-order valence-corrected chi connectivity index (χ1v) is 7.88. The first-order chi connectivity index (χ1) is 9.10. The molecule has 2 unspecified atom stereocenters. The molecule has 0 saturated carbocycles. The fourth-order valence-corrected chi connectivity index (χ4v) is 3.09. The van der Waals surface area contributed by atoms with Crippen LogP contribution in [0.25, 0.3) is 0 Å². The summed E-state index contributed by atoms with van der Waals surface area (Å²) >= 11 is 0. The van der Waals surface area contributed by atoms with Crippen LogP contribution >= 0.6 is 0 Å². The van der Waals surface area contributed by atoms with E-state index in [-0.39, 0.29) is 5.60 Å². The topological polar surface area (TPSA) is 31.0 Å². The number of hydrogen-bond donors (Lipinski definition) is 0. The van der Waals surface area contributed by atoms with Gasteiger partial charge in [-0.15, -0.1) is 0 Å². The summed E-state index contributed by atoms with van der Waals surface area (Å²) in [5.41, 5.74) is -0.226. The van der Waals surface area contributed by atoms with Gasteiger partial charge in [0.25, 0.3) is 0 Å². The molecule has 0 aromatic heterocycles. The molecule has 0 amide bonds. The van der Waals surface area contributed by atoms with E-state index in [1.807, 2.05) is 6.92 Å². The summed E-state index contributed by atoms with van der Waals surface area (Å²) in [6, 6.07) is 0. The quantitative estimate of drug-likeness (QED) is 0.319. The highest BCUT2D eigenvalue weighted by molar-refractivity contribution is 5.10. The summed E-state index contributed by atoms with van der Waals surface area (Å²) < 4.78 is 17.2. The standard InChI is InChI=1S/C16H32O3/c1-6-8-9-10-11-12-14-16(19-14,13-7-2)15(3,17-4)18-5/h14H,6-13H2,1-5H3. The monoisotopic (exact) mass is 272 g/mol. The molecular formula is C16H32O3. The van der Waals surface area contributed by atoms with E-state index in [1.54, 1.807) is 14.2 Å². The molecule has 0 aliphatic carbocycles. The molecule has 0 bridgehead atoms. The lowest BCUT2D eigenvalue weighted by Gasteiger charge is -2.33. The number of rotatable bonds is 11. The minimum atomic E-state index is -0.614. The Kier molecular flexibility index (Phi) is 6.78. The average molecular weight is 272 g/mol. The molecule has 0 aromatic rings. The zero-order valence-electron chi connectivity index (χ0n) is 13.5. The molecule has 1 aliphatic heterocycles. The molecule has 0 N–H and O–H groups in total. The van der Waals surface area contributed by atoms with Crippen molar-refractivity contribution in [1.82, 2.24) is 0 Å². The second kappa shape index (κ2) is 7.61. The van der Waals surface area contributed by atoms with Gasteiger partial charge in [0.05, 0.1) is 6.10 Å². The van der Waals surface area contributed by atoms with Gasteiger partial charge < -0.3 is 14.2 Å². The largest absolute Gasteiger partial charge is 0.360 e. The van der Waals surface area contributed by atoms with Gasteiger partial charge in [-0.1, -0.05) is 52.4 Å². The summed E-state index contributed by atoms with van der Waals surface area (Å²) in [4.78, 5) is 0. The Morgan fingerprint density at radius 1 is 1.00 bits per heavy atom. The molecule has 0 radical (unpaired) electrons. The number of ether oxygens (including phenoxy) is 3. The van der Waals surface area contributed by atoms with Crippen LogP contribution in [0.1, 0.15) is 72.1 Å². The van der Waals surface area contributed by atoms with E-state index in [4.69, 9.17) is 14.2 Å². The highest BCUT2D eigenvalue weighted by Crippen LogP contribution is 2.52. The number of hydrogen-bond acceptors (Lipinski definition) is 3. The third-order valence-electron chi connectivity index (χ3n) is 4.55. The molecule has 0 spiro atoms. The molecule has 0 aromatic carbocycles. The van der Waals surface area contributed by atoms with E-state index >= 15 is 0 Å². The molecule has 19 heavy (non-hydrogen) atoms. The molecule has 1 saturated heterocycles. The normalized spacial score (nSPS) is 26.7. The minimum Gasteiger partial charge on any atom is -0.360 e. The fourth-order valence-electron chi connectivity index (χ4n) is 3.09. The predicted octanol–water partition coefficient (Wildman–Crippen LogP) is 4.29. The number of unbranched alkanes of at least 4 members (excludes halogenated alkanes) is 4. The minimum absolute atomic E-state index is 0.226.